The van der Waals surface area contributed by atoms with Gasteiger partial charge in [0.05, 0.1) is 15.9 Å². The number of aromatic nitrogens is 1. The Morgan fingerprint density at radius 3 is 2.64 bits per heavy atom. The maximum absolute atomic E-state index is 13.8. The van der Waals surface area contributed by atoms with Crippen LogP contribution in [-0.2, 0) is 14.8 Å². The van der Waals surface area contributed by atoms with E-state index in [2.05, 4.69) is 15.0 Å². The van der Waals surface area contributed by atoms with Crippen LogP contribution in [0.15, 0.2) is 41.3 Å². The number of rotatable bonds is 4. The summed E-state index contributed by atoms with van der Waals surface area (Å²) < 4.78 is 41.7. The summed E-state index contributed by atoms with van der Waals surface area (Å²) in [6.45, 7) is 3.16. The summed E-state index contributed by atoms with van der Waals surface area (Å²) in [6, 6.07) is 8.37. The molecule has 0 atom stereocenters. The van der Waals surface area contributed by atoms with E-state index in [-0.39, 0.29) is 5.91 Å². The Bertz CT molecular complexity index is 1080. The molecule has 6 nitrogen and oxygen atoms in total. The van der Waals surface area contributed by atoms with E-state index < -0.39 is 20.7 Å². The molecule has 0 bridgehead atoms. The molecule has 1 heterocycles. The second-order valence-corrected chi connectivity index (χ2v) is 8.06. The topological polar surface area (TPSA) is 88.2 Å². The summed E-state index contributed by atoms with van der Waals surface area (Å²) in [5, 5.41) is 3.03. The normalized spacial score (nSPS) is 11.5. The van der Waals surface area contributed by atoms with Crippen LogP contribution in [0.1, 0.15) is 12.5 Å². The highest BCUT2D eigenvalue weighted by Gasteiger charge is 2.19. The van der Waals surface area contributed by atoms with Crippen LogP contribution >= 0.6 is 11.3 Å². The third-order valence-corrected chi connectivity index (χ3v) is 5.68. The number of sulfonamides is 1. The van der Waals surface area contributed by atoms with Gasteiger partial charge in [0, 0.05) is 6.92 Å². The number of aryl methyl sites for hydroxylation is 1. The molecule has 2 aromatic carbocycles. The molecule has 0 aliphatic rings. The average Bonchev–Trinajstić information content (AvgIpc) is 2.89. The van der Waals surface area contributed by atoms with Gasteiger partial charge in [-0.2, -0.15) is 0 Å². The minimum atomic E-state index is -4.05. The fraction of sp³-hybridized carbons (Fsp3) is 0.125. The van der Waals surface area contributed by atoms with Gasteiger partial charge < -0.3 is 5.32 Å². The molecule has 3 rings (SSSR count). The Kier molecular flexibility index (Phi) is 4.44. The number of amides is 1. The number of thiazole rings is 1. The Hall–Kier alpha value is -2.52. The Morgan fingerprint density at radius 2 is 1.96 bits per heavy atom. The Balaban J connectivity index is 1.99. The molecule has 2 N–H and O–H groups in total. The summed E-state index contributed by atoms with van der Waals surface area (Å²) in [5.41, 5.74) is 1.70. The van der Waals surface area contributed by atoms with E-state index >= 15 is 0 Å². The third-order valence-electron chi connectivity index (χ3n) is 3.35. The van der Waals surface area contributed by atoms with E-state index in [4.69, 9.17) is 0 Å². The first-order chi connectivity index (χ1) is 11.8. The van der Waals surface area contributed by atoms with E-state index in [0.717, 1.165) is 11.6 Å². The molecule has 25 heavy (non-hydrogen) atoms. The lowest BCUT2D eigenvalue weighted by atomic mass is 10.2. The summed E-state index contributed by atoms with van der Waals surface area (Å²) >= 11 is 1.23. The zero-order chi connectivity index (χ0) is 18.2. The van der Waals surface area contributed by atoms with Crippen LogP contribution in [0.25, 0.3) is 10.2 Å². The number of hydrogen-bond donors (Lipinski definition) is 2. The molecule has 0 radical (unpaired) electrons. The van der Waals surface area contributed by atoms with Crippen molar-refractivity contribution in [1.82, 2.24) is 4.98 Å². The maximum Gasteiger partial charge on any atom is 0.264 e. The summed E-state index contributed by atoms with van der Waals surface area (Å²) in [5.74, 6) is -1.06. The van der Waals surface area contributed by atoms with Crippen LogP contribution in [0.2, 0.25) is 0 Å². The second-order valence-electron chi connectivity index (χ2n) is 5.38. The molecule has 0 aliphatic carbocycles. The SMILES string of the molecule is CC(=O)Nc1nc2c(C)cc(NS(=O)(=O)c3ccccc3F)cc2s1. The van der Waals surface area contributed by atoms with Crippen molar-refractivity contribution in [3.63, 3.8) is 0 Å². The number of hydrogen-bond acceptors (Lipinski definition) is 5. The van der Waals surface area contributed by atoms with Crippen molar-refractivity contribution in [3.8, 4) is 0 Å². The minimum Gasteiger partial charge on any atom is -0.302 e. The first-order valence-electron chi connectivity index (χ1n) is 7.22. The van der Waals surface area contributed by atoms with E-state index in [1.165, 1.54) is 36.5 Å². The van der Waals surface area contributed by atoms with Crippen LogP contribution < -0.4 is 10.0 Å². The van der Waals surface area contributed by atoms with Crippen molar-refractivity contribution in [1.29, 1.82) is 0 Å². The van der Waals surface area contributed by atoms with Gasteiger partial charge in [-0.25, -0.2) is 17.8 Å². The lowest BCUT2D eigenvalue weighted by molar-refractivity contribution is -0.114. The smallest absolute Gasteiger partial charge is 0.264 e. The predicted molar refractivity (Wildman–Crippen MR) is 95.9 cm³/mol. The lowest BCUT2D eigenvalue weighted by Crippen LogP contribution is -2.14. The Labute approximate surface area is 147 Å². The number of fused-ring (bicyclic) bond motifs is 1. The van der Waals surface area contributed by atoms with Gasteiger partial charge in [0.15, 0.2) is 5.13 Å². The highest BCUT2D eigenvalue weighted by Crippen LogP contribution is 2.32. The van der Waals surface area contributed by atoms with Crippen molar-refractivity contribution in [2.45, 2.75) is 18.7 Å². The number of carbonyl (C=O) groups excluding carboxylic acids is 1. The molecule has 1 aromatic heterocycles. The molecule has 3 aromatic rings. The molecular weight excluding hydrogens is 365 g/mol. The van der Waals surface area contributed by atoms with Crippen LogP contribution in [0, 0.1) is 12.7 Å². The van der Waals surface area contributed by atoms with Gasteiger partial charge in [0.2, 0.25) is 5.91 Å². The van der Waals surface area contributed by atoms with E-state index in [9.17, 15) is 17.6 Å². The lowest BCUT2D eigenvalue weighted by Gasteiger charge is -2.09. The zero-order valence-electron chi connectivity index (χ0n) is 13.3. The highest BCUT2D eigenvalue weighted by molar-refractivity contribution is 7.92. The monoisotopic (exact) mass is 379 g/mol. The second kappa shape index (κ2) is 6.41. The fourth-order valence-corrected chi connectivity index (χ4v) is 4.48. The van der Waals surface area contributed by atoms with E-state index in [0.29, 0.717) is 21.0 Å². The van der Waals surface area contributed by atoms with Crippen LogP contribution in [0.5, 0.6) is 0 Å². The molecule has 0 aliphatic heterocycles. The van der Waals surface area contributed by atoms with Crippen molar-refractivity contribution in [2.24, 2.45) is 0 Å². The molecular formula is C16H14FN3O3S2. The van der Waals surface area contributed by atoms with Crippen LogP contribution in [0.3, 0.4) is 0 Å². The van der Waals surface area contributed by atoms with Gasteiger partial charge in [0.1, 0.15) is 10.7 Å². The van der Waals surface area contributed by atoms with Gasteiger partial charge >= 0.3 is 0 Å². The van der Waals surface area contributed by atoms with E-state index in [1.807, 2.05) is 0 Å². The molecule has 0 saturated heterocycles. The van der Waals surface area contributed by atoms with Gasteiger partial charge in [-0.3, -0.25) is 9.52 Å². The molecule has 1 amide bonds. The molecule has 0 spiro atoms. The van der Waals surface area contributed by atoms with Crippen LogP contribution in [-0.4, -0.2) is 19.3 Å². The zero-order valence-corrected chi connectivity index (χ0v) is 15.0. The molecule has 0 saturated carbocycles. The number of carbonyl (C=O) groups is 1. The standard InChI is InChI=1S/C16H14FN3O3S2/c1-9-7-11(8-13-15(9)19-16(24-13)18-10(2)21)20-25(22,23)14-6-4-3-5-12(14)17/h3-8,20H,1-2H3,(H,18,19,21). The number of nitrogens with zero attached hydrogens (tertiary/aromatic N) is 1. The van der Waals surface area contributed by atoms with E-state index in [1.54, 1.807) is 19.1 Å². The number of nitrogens with one attached hydrogen (secondary N) is 2. The average molecular weight is 379 g/mol. The van der Waals surface area contributed by atoms with Gasteiger partial charge in [-0.05, 0) is 36.8 Å². The quantitative estimate of drug-likeness (QED) is 0.726. The van der Waals surface area contributed by atoms with Crippen molar-refractivity contribution < 1.29 is 17.6 Å². The first-order valence-corrected chi connectivity index (χ1v) is 9.52. The fourth-order valence-electron chi connectivity index (χ4n) is 2.33. The molecule has 9 heteroatoms. The number of halogens is 1. The largest absolute Gasteiger partial charge is 0.302 e. The summed E-state index contributed by atoms with van der Waals surface area (Å²) in [6.07, 6.45) is 0. The molecule has 0 fully saturated rings. The maximum atomic E-state index is 13.8. The van der Waals surface area contributed by atoms with Crippen molar-refractivity contribution >= 4 is 48.3 Å². The first kappa shape index (κ1) is 17.3. The summed E-state index contributed by atoms with van der Waals surface area (Å²) in [7, 11) is -4.05. The van der Waals surface area contributed by atoms with Gasteiger partial charge in [-0.1, -0.05) is 23.5 Å². The third kappa shape index (κ3) is 3.62. The number of benzene rings is 2. The summed E-state index contributed by atoms with van der Waals surface area (Å²) in [4.78, 5) is 15.0. The Morgan fingerprint density at radius 1 is 1.24 bits per heavy atom. The van der Waals surface area contributed by atoms with Gasteiger partial charge in [-0.15, -0.1) is 0 Å². The van der Waals surface area contributed by atoms with Crippen molar-refractivity contribution in [2.75, 3.05) is 10.0 Å². The molecule has 0 unspecified atom stereocenters. The molecule has 130 valence electrons. The predicted octanol–water partition coefficient (Wildman–Crippen LogP) is 3.50. The van der Waals surface area contributed by atoms with Crippen molar-refractivity contribution in [3.05, 3.63) is 47.8 Å². The highest BCUT2D eigenvalue weighted by atomic mass is 32.2. The van der Waals surface area contributed by atoms with Gasteiger partial charge in [0.25, 0.3) is 10.0 Å². The minimum absolute atomic E-state index is 0.239. The number of anilines is 2. The van der Waals surface area contributed by atoms with Crippen LogP contribution in [0.4, 0.5) is 15.2 Å².